The Bertz CT molecular complexity index is 3600. The molecule has 0 saturated heterocycles. The van der Waals surface area contributed by atoms with Crippen LogP contribution in [0.1, 0.15) is 26.0 Å². The van der Waals surface area contributed by atoms with Crippen molar-refractivity contribution in [2.24, 2.45) is 0 Å². The minimum atomic E-state index is -0.833. The number of hydrogen-bond acceptors (Lipinski definition) is 0. The summed E-state index contributed by atoms with van der Waals surface area (Å²) in [6.45, 7) is 0. The molecule has 0 N–H and O–H groups in total. The highest BCUT2D eigenvalue weighted by Gasteiger charge is 2.18. The second-order valence-corrected chi connectivity index (χ2v) is 10.6. The first-order chi connectivity index (χ1) is 30.7. The number of hydrogen-bond donors (Lipinski definition) is 0. The molecule has 0 bridgehead atoms. The lowest BCUT2D eigenvalue weighted by molar-refractivity contribution is 1.62. The van der Waals surface area contributed by atoms with E-state index in [0.29, 0.717) is 0 Å². The van der Waals surface area contributed by atoms with Crippen molar-refractivity contribution in [3.8, 4) is 44.5 Å². The van der Waals surface area contributed by atoms with Gasteiger partial charge >= 0.3 is 0 Å². The fourth-order valence-corrected chi connectivity index (χ4v) is 5.96. The van der Waals surface area contributed by atoms with Gasteiger partial charge in [0.1, 0.15) is 0 Å². The first-order valence-electron chi connectivity index (χ1n) is 23.9. The average molecular weight is 602 g/mol. The third kappa shape index (κ3) is 4.38. The summed E-state index contributed by atoms with van der Waals surface area (Å²) in [7, 11) is 0. The number of rotatable bonds is 4. The van der Waals surface area contributed by atoms with Crippen LogP contribution in [0.3, 0.4) is 0 Å². The Morgan fingerprint density at radius 2 is 0.935 bits per heavy atom. The molecule has 214 valence electrons. The van der Waals surface area contributed by atoms with Crippen LogP contribution in [0.15, 0.2) is 182 Å². The van der Waals surface area contributed by atoms with Gasteiger partial charge in [-0.25, -0.2) is 0 Å². The maximum atomic E-state index is 9.94. The molecular weight excluding hydrogens is 553 g/mol. The molecule has 0 aliphatic carbocycles. The second kappa shape index (κ2) is 10.9. The van der Waals surface area contributed by atoms with Crippen molar-refractivity contribution >= 4 is 43.1 Å². The predicted octanol–water partition coefficient (Wildman–Crippen LogP) is 13.0. The summed E-state index contributed by atoms with van der Waals surface area (Å²) in [5.74, 6) is 0. The molecule has 9 aromatic rings. The van der Waals surface area contributed by atoms with E-state index in [1.165, 1.54) is 0 Å². The van der Waals surface area contributed by atoms with Crippen LogP contribution in [0.25, 0.3) is 87.6 Å². The highest BCUT2D eigenvalue weighted by Crippen LogP contribution is 2.45. The van der Waals surface area contributed by atoms with Crippen molar-refractivity contribution in [2.75, 3.05) is 0 Å². The topological polar surface area (TPSA) is 0 Å². The molecule has 0 aliphatic rings. The summed E-state index contributed by atoms with van der Waals surface area (Å²) < 4.78 is 171. The summed E-state index contributed by atoms with van der Waals surface area (Å²) in [5.41, 5.74) is -0.586. The highest BCUT2D eigenvalue weighted by molar-refractivity contribution is 6.22. The van der Waals surface area contributed by atoms with Crippen LogP contribution in [-0.4, -0.2) is 0 Å². The summed E-state index contributed by atoms with van der Waals surface area (Å²) in [6, 6.07) is 5.78. The van der Waals surface area contributed by atoms with E-state index in [4.69, 9.17) is 16.4 Å². The molecule has 9 aromatic carbocycles. The summed E-state index contributed by atoms with van der Waals surface area (Å²) in [6.07, 6.45) is 0. The van der Waals surface area contributed by atoms with Crippen molar-refractivity contribution in [3.63, 3.8) is 0 Å². The van der Waals surface area contributed by atoms with Crippen LogP contribution < -0.4 is 0 Å². The normalized spacial score (nSPS) is 17.3. The van der Waals surface area contributed by atoms with E-state index in [1.807, 2.05) is 42.5 Å². The maximum Gasteiger partial charge on any atom is 0.0636 e. The van der Waals surface area contributed by atoms with Crippen molar-refractivity contribution in [1.82, 2.24) is 0 Å². The Morgan fingerprint density at radius 3 is 1.76 bits per heavy atom. The van der Waals surface area contributed by atoms with Gasteiger partial charge < -0.3 is 0 Å². The van der Waals surface area contributed by atoms with Gasteiger partial charge in [-0.2, -0.15) is 0 Å². The van der Waals surface area contributed by atoms with E-state index in [9.17, 15) is 9.60 Å². The van der Waals surface area contributed by atoms with Crippen molar-refractivity contribution < 1.29 is 26.0 Å². The van der Waals surface area contributed by atoms with Crippen LogP contribution in [0.5, 0.6) is 0 Å². The smallest absolute Gasteiger partial charge is 0.0622 e. The van der Waals surface area contributed by atoms with E-state index in [1.54, 1.807) is 24.3 Å². The summed E-state index contributed by atoms with van der Waals surface area (Å²) >= 11 is 0. The van der Waals surface area contributed by atoms with Crippen LogP contribution in [0, 0.1) is 0 Å². The molecule has 0 atom stereocenters. The molecule has 0 amide bonds. The Kier molecular flexibility index (Phi) is 3.21. The third-order valence-corrected chi connectivity index (χ3v) is 8.02. The molecule has 9 rings (SSSR count). The predicted molar refractivity (Wildman–Crippen MR) is 198 cm³/mol. The Balaban J connectivity index is 1.56. The lowest BCUT2D eigenvalue weighted by Crippen LogP contribution is -1.92. The molecule has 46 heavy (non-hydrogen) atoms. The van der Waals surface area contributed by atoms with Gasteiger partial charge in [-0.15, -0.1) is 0 Å². The Labute approximate surface area is 295 Å². The zero-order chi connectivity index (χ0) is 47.0. The van der Waals surface area contributed by atoms with Crippen LogP contribution >= 0.6 is 0 Å². The fourth-order valence-electron chi connectivity index (χ4n) is 5.96. The van der Waals surface area contributed by atoms with Crippen LogP contribution in [-0.2, 0) is 0 Å². The maximum absolute atomic E-state index is 9.94. The van der Waals surface area contributed by atoms with E-state index in [0.717, 1.165) is 21.9 Å². The molecule has 0 saturated carbocycles. The number of benzene rings is 9. The van der Waals surface area contributed by atoms with Gasteiger partial charge in [-0.05, 0) is 99.7 Å². The van der Waals surface area contributed by atoms with Crippen LogP contribution in [0.4, 0.5) is 0 Å². The average Bonchev–Trinajstić information content (AvgIpc) is 3.30. The van der Waals surface area contributed by atoms with Crippen LogP contribution in [0.2, 0.25) is 0 Å². The van der Waals surface area contributed by atoms with Gasteiger partial charge in [0, 0.05) is 0 Å². The molecule has 0 aromatic heterocycles. The van der Waals surface area contributed by atoms with E-state index in [2.05, 4.69) is 0 Å². The SMILES string of the molecule is [2H]c1c([2H])c([2H])c(-c2c([2H])c([2H])c3c(-c4ccc(-c5cccc6ccccc56)cc4)c4c([2H])c([2H])c([2H])c([2H])c4c(-c4c([2H])c([2H])c5c([2H])c([2H])c([2H])c([2H])c5c4[2H])c3c2[2H])c([2H])c1[2H]. The number of fused-ring (bicyclic) bond motifs is 4. The molecule has 0 spiro atoms. The van der Waals surface area contributed by atoms with Gasteiger partial charge in [0.15, 0.2) is 0 Å². The van der Waals surface area contributed by atoms with E-state index in [-0.39, 0.29) is 21.9 Å². The Hall–Kier alpha value is -5.98. The minimum absolute atomic E-state index is 0.0679. The van der Waals surface area contributed by atoms with Crippen molar-refractivity contribution in [3.05, 3.63) is 182 Å². The minimum Gasteiger partial charge on any atom is -0.0622 e. The molecule has 0 heteroatoms. The van der Waals surface area contributed by atoms with Gasteiger partial charge in [-0.1, -0.05) is 169 Å². The lowest BCUT2D eigenvalue weighted by Gasteiger charge is -2.19. The van der Waals surface area contributed by atoms with Gasteiger partial charge in [0.05, 0.1) is 26.0 Å². The van der Waals surface area contributed by atoms with Crippen molar-refractivity contribution in [1.29, 1.82) is 0 Å². The van der Waals surface area contributed by atoms with E-state index < -0.39 is 159 Å². The Morgan fingerprint density at radius 1 is 0.304 bits per heavy atom. The summed E-state index contributed by atoms with van der Waals surface area (Å²) in [5, 5.41) is -0.496. The first-order valence-corrected chi connectivity index (χ1v) is 14.4. The second-order valence-electron chi connectivity index (χ2n) is 10.6. The molecule has 0 fully saturated rings. The van der Waals surface area contributed by atoms with E-state index >= 15 is 0 Å². The van der Waals surface area contributed by atoms with Gasteiger partial charge in [0.25, 0.3) is 0 Å². The monoisotopic (exact) mass is 601 g/mol. The fraction of sp³-hybridized carbons (Fsp3) is 0. The lowest BCUT2D eigenvalue weighted by atomic mass is 9.84. The molecule has 0 unspecified atom stereocenters. The first kappa shape index (κ1) is 13.6. The van der Waals surface area contributed by atoms with Gasteiger partial charge in [-0.3, -0.25) is 0 Å². The van der Waals surface area contributed by atoms with Crippen molar-refractivity contribution in [2.45, 2.75) is 0 Å². The standard InChI is InChI=1S/C46H30/c1-2-11-31(12-3-1)37-27-28-43-44(30-37)46(38-26-21-32-13-4-5-15-36(32)29-38)42-19-9-8-18-41(42)45(43)35-24-22-34(23-25-35)40-20-10-16-33-14-6-7-17-39(33)40/h1-30H/i1D,2D,3D,4D,5D,8D,9D,11D,12D,13D,15D,18D,19D,21D,26D,27D,28D,29D,30D. The highest BCUT2D eigenvalue weighted by atomic mass is 14.2. The molecule has 0 aliphatic heterocycles. The zero-order valence-electron chi connectivity index (χ0n) is 42.9. The molecule has 0 radical (unpaired) electrons. The summed E-state index contributed by atoms with van der Waals surface area (Å²) in [4.78, 5) is 0. The van der Waals surface area contributed by atoms with Gasteiger partial charge in [0.2, 0.25) is 0 Å². The largest absolute Gasteiger partial charge is 0.0636 e. The zero-order valence-corrected chi connectivity index (χ0v) is 23.9. The quantitative estimate of drug-likeness (QED) is 0.176. The molecule has 0 heterocycles. The molecular formula is C46H30. The third-order valence-electron chi connectivity index (χ3n) is 8.02. The molecule has 0 nitrogen and oxygen atoms in total.